The molecule has 1 N–H and O–H groups in total. The molecule has 7 heteroatoms. The van der Waals surface area contributed by atoms with Crippen LogP contribution in [-0.4, -0.2) is 40.1 Å². The first-order valence-corrected chi connectivity index (χ1v) is 5.43. The monoisotopic (exact) mass is 251 g/mol. The van der Waals surface area contributed by atoms with E-state index in [1.165, 1.54) is 18.2 Å². The Labute approximate surface area is 103 Å². The van der Waals surface area contributed by atoms with Crippen LogP contribution in [0.2, 0.25) is 0 Å². The lowest BCUT2D eigenvalue weighted by Gasteiger charge is -2.11. The fraction of sp³-hybridized carbons (Fsp3) is 0.364. The predicted molar refractivity (Wildman–Crippen MR) is 64.1 cm³/mol. The highest BCUT2D eigenvalue weighted by molar-refractivity contribution is 5.75. The minimum atomic E-state index is -0.467. The fourth-order valence-electron chi connectivity index (χ4n) is 1.63. The van der Waals surface area contributed by atoms with Gasteiger partial charge < -0.3 is 9.52 Å². The van der Waals surface area contributed by atoms with E-state index in [4.69, 9.17) is 9.52 Å². The van der Waals surface area contributed by atoms with Crippen molar-refractivity contribution in [2.45, 2.75) is 6.54 Å². The molecule has 0 unspecified atom stereocenters. The predicted octanol–water partition coefficient (Wildman–Crippen LogP) is 1.16. The van der Waals surface area contributed by atoms with Crippen LogP contribution in [0.3, 0.4) is 0 Å². The first-order valence-electron chi connectivity index (χ1n) is 5.43. The van der Waals surface area contributed by atoms with Gasteiger partial charge in [-0.15, -0.1) is 0 Å². The Morgan fingerprint density at radius 1 is 1.56 bits per heavy atom. The first kappa shape index (κ1) is 12.5. The van der Waals surface area contributed by atoms with Gasteiger partial charge in [0.2, 0.25) is 5.89 Å². The Morgan fingerprint density at radius 2 is 2.33 bits per heavy atom. The van der Waals surface area contributed by atoms with Crippen LogP contribution in [-0.2, 0) is 6.54 Å². The van der Waals surface area contributed by atoms with E-state index in [0.29, 0.717) is 30.1 Å². The number of fused-ring (bicyclic) bond motifs is 1. The second kappa shape index (κ2) is 5.11. The van der Waals surface area contributed by atoms with Gasteiger partial charge in [-0.2, -0.15) is 0 Å². The Kier molecular flexibility index (Phi) is 3.54. The fourth-order valence-corrected chi connectivity index (χ4v) is 1.63. The molecule has 7 nitrogen and oxygen atoms in total. The minimum Gasteiger partial charge on any atom is -0.439 e. The van der Waals surface area contributed by atoms with Crippen LogP contribution in [0.4, 0.5) is 5.69 Å². The van der Waals surface area contributed by atoms with Crippen LogP contribution >= 0.6 is 0 Å². The van der Waals surface area contributed by atoms with E-state index in [0.717, 1.165) is 0 Å². The summed E-state index contributed by atoms with van der Waals surface area (Å²) in [7, 11) is 1.83. The van der Waals surface area contributed by atoms with Crippen molar-refractivity contribution in [1.29, 1.82) is 0 Å². The van der Waals surface area contributed by atoms with Gasteiger partial charge in [-0.1, -0.05) is 0 Å². The highest BCUT2D eigenvalue weighted by atomic mass is 16.6. The van der Waals surface area contributed by atoms with Crippen molar-refractivity contribution in [2.24, 2.45) is 0 Å². The van der Waals surface area contributed by atoms with Crippen LogP contribution in [0.15, 0.2) is 22.6 Å². The molecule has 0 atom stereocenters. The Balaban J connectivity index is 2.24. The Morgan fingerprint density at radius 3 is 3.00 bits per heavy atom. The zero-order chi connectivity index (χ0) is 13.1. The third-order valence-corrected chi connectivity index (χ3v) is 2.51. The molecule has 0 spiro atoms. The van der Waals surface area contributed by atoms with E-state index < -0.39 is 4.92 Å². The highest BCUT2D eigenvalue weighted by Crippen LogP contribution is 2.21. The van der Waals surface area contributed by atoms with Gasteiger partial charge in [-0.3, -0.25) is 15.0 Å². The minimum absolute atomic E-state index is 0.00828. The van der Waals surface area contributed by atoms with Gasteiger partial charge in [-0.25, -0.2) is 4.98 Å². The molecule has 0 radical (unpaired) electrons. The number of nitrogens with zero attached hydrogens (tertiary/aromatic N) is 3. The van der Waals surface area contributed by atoms with Gasteiger partial charge in [0.1, 0.15) is 5.52 Å². The number of hydrogen-bond acceptors (Lipinski definition) is 6. The number of aliphatic hydroxyl groups is 1. The standard InChI is InChI=1S/C11H13N3O4/c1-13(4-5-15)7-11-12-9-6-8(14(16)17)2-3-10(9)18-11/h2-3,6,15H,4-5,7H2,1H3. The van der Waals surface area contributed by atoms with Gasteiger partial charge in [0.05, 0.1) is 18.1 Å². The van der Waals surface area contributed by atoms with Crippen molar-refractivity contribution >= 4 is 16.8 Å². The van der Waals surface area contributed by atoms with E-state index in [9.17, 15) is 10.1 Å². The molecule has 1 aromatic carbocycles. The number of rotatable bonds is 5. The summed E-state index contributed by atoms with van der Waals surface area (Å²) in [5.41, 5.74) is 0.982. The van der Waals surface area contributed by atoms with Crippen molar-refractivity contribution in [3.8, 4) is 0 Å². The van der Waals surface area contributed by atoms with Gasteiger partial charge in [0.15, 0.2) is 5.58 Å². The number of nitro benzene ring substituents is 1. The summed E-state index contributed by atoms with van der Waals surface area (Å²) in [6.07, 6.45) is 0. The highest BCUT2D eigenvalue weighted by Gasteiger charge is 2.12. The van der Waals surface area contributed by atoms with Crippen LogP contribution in [0.5, 0.6) is 0 Å². The molecular formula is C11H13N3O4. The third kappa shape index (κ3) is 2.63. The largest absolute Gasteiger partial charge is 0.439 e. The van der Waals surface area contributed by atoms with Crippen molar-refractivity contribution in [3.05, 3.63) is 34.2 Å². The number of likely N-dealkylation sites (N-methyl/N-ethyl adjacent to an activating group) is 1. The molecule has 0 aliphatic heterocycles. The number of aliphatic hydroxyl groups excluding tert-OH is 1. The molecule has 0 bridgehead atoms. The Bertz CT molecular complexity index is 566. The van der Waals surface area contributed by atoms with Crippen molar-refractivity contribution in [3.63, 3.8) is 0 Å². The number of non-ortho nitro benzene ring substituents is 1. The summed E-state index contributed by atoms with van der Waals surface area (Å²) in [4.78, 5) is 16.2. The molecule has 0 aliphatic rings. The second-order valence-corrected chi connectivity index (χ2v) is 3.98. The van der Waals surface area contributed by atoms with E-state index in [-0.39, 0.29) is 12.3 Å². The summed E-state index contributed by atoms with van der Waals surface area (Å²) in [5.74, 6) is 0.474. The Hall–Kier alpha value is -1.99. The van der Waals surface area contributed by atoms with E-state index >= 15 is 0 Å². The maximum absolute atomic E-state index is 10.6. The molecule has 0 aliphatic carbocycles. The second-order valence-electron chi connectivity index (χ2n) is 3.98. The zero-order valence-electron chi connectivity index (χ0n) is 9.87. The molecule has 0 fully saturated rings. The van der Waals surface area contributed by atoms with Gasteiger partial charge in [0.25, 0.3) is 5.69 Å². The SMILES string of the molecule is CN(CCO)Cc1nc2cc([N+](=O)[O-])ccc2o1. The van der Waals surface area contributed by atoms with Crippen LogP contribution in [0.25, 0.3) is 11.1 Å². The van der Waals surface area contributed by atoms with Crippen LogP contribution in [0, 0.1) is 10.1 Å². The van der Waals surface area contributed by atoms with Crippen molar-refractivity contribution in [1.82, 2.24) is 9.88 Å². The smallest absolute Gasteiger partial charge is 0.271 e. The van der Waals surface area contributed by atoms with E-state index in [1.807, 2.05) is 11.9 Å². The molecule has 0 saturated heterocycles. The molecule has 1 aromatic heterocycles. The maximum Gasteiger partial charge on any atom is 0.271 e. The quantitative estimate of drug-likeness (QED) is 0.633. The number of aromatic nitrogens is 1. The molecule has 1 heterocycles. The molecule has 18 heavy (non-hydrogen) atoms. The summed E-state index contributed by atoms with van der Waals surface area (Å²) < 4.78 is 5.46. The topological polar surface area (TPSA) is 92.6 Å². The normalized spacial score (nSPS) is 11.3. The van der Waals surface area contributed by atoms with Crippen LogP contribution < -0.4 is 0 Å². The summed E-state index contributed by atoms with van der Waals surface area (Å²) in [6, 6.07) is 4.30. The molecule has 96 valence electrons. The summed E-state index contributed by atoms with van der Waals surface area (Å²) >= 11 is 0. The molecule has 2 aromatic rings. The van der Waals surface area contributed by atoms with Gasteiger partial charge in [0, 0.05) is 18.7 Å². The molecular weight excluding hydrogens is 238 g/mol. The summed E-state index contributed by atoms with van der Waals surface area (Å²) in [5, 5.41) is 19.4. The zero-order valence-corrected chi connectivity index (χ0v) is 9.87. The number of nitro groups is 1. The third-order valence-electron chi connectivity index (χ3n) is 2.51. The molecule has 0 amide bonds. The lowest BCUT2D eigenvalue weighted by Crippen LogP contribution is -2.21. The van der Waals surface area contributed by atoms with Gasteiger partial charge in [-0.05, 0) is 13.1 Å². The van der Waals surface area contributed by atoms with E-state index in [1.54, 1.807) is 0 Å². The first-order chi connectivity index (χ1) is 8.60. The average molecular weight is 251 g/mol. The molecule has 0 saturated carbocycles. The summed E-state index contributed by atoms with van der Waals surface area (Å²) in [6.45, 7) is 1.02. The van der Waals surface area contributed by atoms with Crippen LogP contribution in [0.1, 0.15) is 5.89 Å². The average Bonchev–Trinajstić information content (AvgIpc) is 2.69. The number of oxazole rings is 1. The number of hydrogen-bond donors (Lipinski definition) is 1. The molecule has 2 rings (SSSR count). The number of benzene rings is 1. The maximum atomic E-state index is 10.6. The van der Waals surface area contributed by atoms with E-state index in [2.05, 4.69) is 4.98 Å². The van der Waals surface area contributed by atoms with Crippen molar-refractivity contribution < 1.29 is 14.4 Å². The lowest BCUT2D eigenvalue weighted by atomic mass is 10.3. The lowest BCUT2D eigenvalue weighted by molar-refractivity contribution is -0.384. The van der Waals surface area contributed by atoms with Crippen molar-refractivity contribution in [2.75, 3.05) is 20.2 Å². The van der Waals surface area contributed by atoms with Gasteiger partial charge >= 0.3 is 0 Å².